The second kappa shape index (κ2) is 19.3. The highest BCUT2D eigenvalue weighted by Crippen LogP contribution is 2.23. The lowest BCUT2D eigenvalue weighted by Crippen LogP contribution is -2.11. The predicted octanol–water partition coefficient (Wildman–Crippen LogP) is 9.16. The van der Waals surface area contributed by atoms with E-state index < -0.39 is 0 Å². The first-order valence-corrected chi connectivity index (χ1v) is 13.6. The van der Waals surface area contributed by atoms with E-state index in [1.807, 2.05) is 42.5 Å². The van der Waals surface area contributed by atoms with Crippen LogP contribution in [0.5, 0.6) is 0 Å². The standard InChI is InChI=1S/C18H34O2.C14H13NO/c1-4-5-6-7-8-9-10-11-12-13-14-15-16-20-18(19)17(2)3;1-10(2)14(16)15-13-9-5-7-11-6-3-4-8-12(11)13/h2,4-16H2,1,3H3;3-9H,1H2,2H3,(H,15,16). The molecule has 0 heterocycles. The van der Waals surface area contributed by atoms with Crippen LogP contribution in [0.2, 0.25) is 0 Å². The van der Waals surface area contributed by atoms with Crippen LogP contribution in [-0.2, 0) is 14.3 Å². The molecule has 2 rings (SSSR count). The van der Waals surface area contributed by atoms with Gasteiger partial charge in [0.2, 0.25) is 0 Å². The molecule has 4 nitrogen and oxygen atoms in total. The Morgan fingerprint density at radius 2 is 1.25 bits per heavy atom. The fourth-order valence-corrected chi connectivity index (χ4v) is 3.79. The van der Waals surface area contributed by atoms with Crippen LogP contribution in [0.1, 0.15) is 97.8 Å². The average Bonchev–Trinajstić information content (AvgIpc) is 2.87. The van der Waals surface area contributed by atoms with Crippen molar-refractivity contribution < 1.29 is 14.3 Å². The molecule has 0 atom stereocenters. The fourth-order valence-electron chi connectivity index (χ4n) is 3.79. The monoisotopic (exact) mass is 493 g/mol. The van der Waals surface area contributed by atoms with Gasteiger partial charge in [-0.1, -0.05) is 127 Å². The molecule has 0 aliphatic rings. The van der Waals surface area contributed by atoms with Crippen LogP contribution in [0.3, 0.4) is 0 Å². The highest BCUT2D eigenvalue weighted by atomic mass is 16.5. The molecule has 0 aliphatic heterocycles. The number of fused-ring (bicyclic) bond motifs is 1. The van der Waals surface area contributed by atoms with Gasteiger partial charge in [0.25, 0.3) is 5.91 Å². The third kappa shape index (κ3) is 13.9. The minimum atomic E-state index is -0.256. The average molecular weight is 494 g/mol. The lowest BCUT2D eigenvalue weighted by atomic mass is 10.1. The zero-order valence-electron chi connectivity index (χ0n) is 22.9. The van der Waals surface area contributed by atoms with E-state index in [4.69, 9.17) is 4.74 Å². The van der Waals surface area contributed by atoms with Crippen LogP contribution in [0.25, 0.3) is 10.8 Å². The smallest absolute Gasteiger partial charge is 0.333 e. The Kier molecular flexibility index (Phi) is 16.7. The van der Waals surface area contributed by atoms with Gasteiger partial charge in [0.05, 0.1) is 6.61 Å². The van der Waals surface area contributed by atoms with Crippen molar-refractivity contribution in [2.45, 2.75) is 97.8 Å². The van der Waals surface area contributed by atoms with E-state index >= 15 is 0 Å². The highest BCUT2D eigenvalue weighted by Gasteiger charge is 2.05. The van der Waals surface area contributed by atoms with Gasteiger partial charge in [-0.3, -0.25) is 4.79 Å². The number of amides is 1. The molecule has 2 aromatic carbocycles. The summed E-state index contributed by atoms with van der Waals surface area (Å²) in [6.45, 7) is 13.4. The minimum Gasteiger partial charge on any atom is -0.462 e. The molecule has 2 aromatic rings. The quantitative estimate of drug-likeness (QED) is 0.144. The summed E-state index contributed by atoms with van der Waals surface area (Å²) in [7, 11) is 0. The van der Waals surface area contributed by atoms with Crippen LogP contribution < -0.4 is 5.32 Å². The summed E-state index contributed by atoms with van der Waals surface area (Å²) in [5.74, 6) is -0.399. The van der Waals surface area contributed by atoms with Gasteiger partial charge in [0, 0.05) is 22.2 Å². The third-order valence-electron chi connectivity index (χ3n) is 6.00. The molecular formula is C32H47NO3. The van der Waals surface area contributed by atoms with E-state index in [9.17, 15) is 9.59 Å². The van der Waals surface area contributed by atoms with E-state index in [2.05, 4.69) is 25.4 Å². The first-order valence-electron chi connectivity index (χ1n) is 13.6. The number of ether oxygens (including phenoxy) is 1. The largest absolute Gasteiger partial charge is 0.462 e. The van der Waals surface area contributed by atoms with Crippen LogP contribution in [0.15, 0.2) is 66.8 Å². The maximum atomic E-state index is 11.5. The number of rotatable bonds is 16. The van der Waals surface area contributed by atoms with Gasteiger partial charge in [-0.15, -0.1) is 0 Å². The fraction of sp³-hybridized carbons (Fsp3) is 0.500. The normalized spacial score (nSPS) is 10.3. The molecule has 0 spiro atoms. The summed E-state index contributed by atoms with van der Waals surface area (Å²) < 4.78 is 5.06. The van der Waals surface area contributed by atoms with Crippen LogP contribution in [0, 0.1) is 0 Å². The Balaban J connectivity index is 0.000000367. The Morgan fingerprint density at radius 1 is 0.722 bits per heavy atom. The zero-order chi connectivity index (χ0) is 26.6. The number of carbonyl (C=O) groups is 2. The Bertz CT molecular complexity index is 942. The molecule has 198 valence electrons. The van der Waals surface area contributed by atoms with E-state index in [1.54, 1.807) is 13.8 Å². The van der Waals surface area contributed by atoms with Crippen molar-refractivity contribution in [1.82, 2.24) is 0 Å². The Morgan fingerprint density at radius 3 is 1.81 bits per heavy atom. The number of hydrogen-bond donors (Lipinski definition) is 1. The van der Waals surface area contributed by atoms with Crippen molar-refractivity contribution in [2.75, 3.05) is 11.9 Å². The summed E-state index contributed by atoms with van der Waals surface area (Å²) >= 11 is 0. The second-order valence-corrected chi connectivity index (χ2v) is 9.57. The maximum Gasteiger partial charge on any atom is 0.333 e. The molecule has 0 aliphatic carbocycles. The molecule has 0 fully saturated rings. The summed E-state index contributed by atoms with van der Waals surface area (Å²) in [6.07, 6.45) is 15.9. The first-order chi connectivity index (χ1) is 17.4. The van der Waals surface area contributed by atoms with Gasteiger partial charge in [0.15, 0.2) is 0 Å². The van der Waals surface area contributed by atoms with Crippen molar-refractivity contribution in [3.63, 3.8) is 0 Å². The molecule has 0 bridgehead atoms. The van der Waals surface area contributed by atoms with Gasteiger partial charge in [-0.05, 0) is 31.7 Å². The van der Waals surface area contributed by atoms with Crippen LogP contribution in [0.4, 0.5) is 5.69 Å². The molecule has 0 unspecified atom stereocenters. The van der Waals surface area contributed by atoms with Crippen molar-refractivity contribution in [2.24, 2.45) is 0 Å². The van der Waals surface area contributed by atoms with E-state index in [0.29, 0.717) is 17.8 Å². The lowest BCUT2D eigenvalue weighted by Gasteiger charge is -2.08. The number of hydrogen-bond acceptors (Lipinski definition) is 3. The molecule has 0 radical (unpaired) electrons. The third-order valence-corrected chi connectivity index (χ3v) is 6.00. The number of carbonyl (C=O) groups excluding carboxylic acids is 2. The summed E-state index contributed by atoms with van der Waals surface area (Å²) in [5.41, 5.74) is 1.82. The molecule has 1 N–H and O–H groups in total. The number of esters is 1. The molecule has 1 amide bonds. The van der Waals surface area contributed by atoms with Gasteiger partial charge >= 0.3 is 5.97 Å². The van der Waals surface area contributed by atoms with Crippen molar-refractivity contribution in [3.8, 4) is 0 Å². The highest BCUT2D eigenvalue weighted by molar-refractivity contribution is 6.08. The Labute approximate surface area is 219 Å². The summed E-state index contributed by atoms with van der Waals surface area (Å²) in [4.78, 5) is 22.7. The van der Waals surface area contributed by atoms with E-state index in [-0.39, 0.29) is 11.9 Å². The molecule has 0 aromatic heterocycles. The Hall–Kier alpha value is -2.88. The summed E-state index contributed by atoms with van der Waals surface area (Å²) in [5, 5.41) is 5.00. The molecular weight excluding hydrogens is 446 g/mol. The number of nitrogens with one attached hydrogen (secondary N) is 1. The van der Waals surface area contributed by atoms with Crippen molar-refractivity contribution >= 4 is 28.3 Å². The van der Waals surface area contributed by atoms with Crippen molar-refractivity contribution in [3.05, 3.63) is 66.8 Å². The molecule has 36 heavy (non-hydrogen) atoms. The maximum absolute atomic E-state index is 11.5. The first kappa shape index (κ1) is 31.2. The molecule has 4 heteroatoms. The number of unbranched alkanes of at least 4 members (excludes halogenated alkanes) is 11. The topological polar surface area (TPSA) is 55.4 Å². The SMILES string of the molecule is C=C(C)C(=O)Nc1cccc2ccccc12.C=C(C)C(=O)OCCCCCCCCCCCCCC. The number of anilines is 1. The lowest BCUT2D eigenvalue weighted by molar-refractivity contribution is -0.139. The molecule has 0 saturated heterocycles. The van der Waals surface area contributed by atoms with Crippen LogP contribution >= 0.6 is 0 Å². The van der Waals surface area contributed by atoms with Crippen LogP contribution in [-0.4, -0.2) is 18.5 Å². The van der Waals surface area contributed by atoms with Gasteiger partial charge in [-0.25, -0.2) is 4.79 Å². The minimum absolute atomic E-state index is 0.142. The second-order valence-electron chi connectivity index (χ2n) is 9.57. The van der Waals surface area contributed by atoms with Crippen molar-refractivity contribution in [1.29, 1.82) is 0 Å². The molecule has 0 saturated carbocycles. The van der Waals surface area contributed by atoms with E-state index in [0.717, 1.165) is 22.9 Å². The van der Waals surface area contributed by atoms with Gasteiger partial charge in [-0.2, -0.15) is 0 Å². The summed E-state index contributed by atoms with van der Waals surface area (Å²) in [6, 6.07) is 13.8. The number of benzene rings is 2. The van der Waals surface area contributed by atoms with Gasteiger partial charge < -0.3 is 10.1 Å². The van der Waals surface area contributed by atoms with Gasteiger partial charge in [0.1, 0.15) is 0 Å². The predicted molar refractivity (Wildman–Crippen MR) is 154 cm³/mol. The zero-order valence-corrected chi connectivity index (χ0v) is 22.9. The van der Waals surface area contributed by atoms with E-state index in [1.165, 1.54) is 70.6 Å².